The normalized spacial score (nSPS) is 11.2. The second kappa shape index (κ2) is 5.56. The van der Waals surface area contributed by atoms with Gasteiger partial charge in [-0.1, -0.05) is 0 Å². The smallest absolute Gasteiger partial charge is 0.312 e. The number of halogens is 2. The van der Waals surface area contributed by atoms with Gasteiger partial charge in [-0.05, 0) is 24.3 Å². The fourth-order valence-electron chi connectivity index (χ4n) is 1.60. The van der Waals surface area contributed by atoms with E-state index < -0.39 is 48.6 Å². The molecule has 0 radical (unpaired) electrons. The quantitative estimate of drug-likeness (QED) is 0.661. The third-order valence-corrected chi connectivity index (χ3v) is 3.99. The van der Waals surface area contributed by atoms with Crippen molar-refractivity contribution in [1.29, 1.82) is 0 Å². The lowest BCUT2D eigenvalue weighted by Crippen LogP contribution is -2.14. The van der Waals surface area contributed by atoms with Gasteiger partial charge in [0.05, 0.1) is 15.5 Å². The van der Waals surface area contributed by atoms with E-state index >= 15 is 0 Å². The second-order valence-electron chi connectivity index (χ2n) is 4.14. The van der Waals surface area contributed by atoms with Gasteiger partial charge in [0.1, 0.15) is 11.6 Å². The maximum atomic E-state index is 13.4. The van der Waals surface area contributed by atoms with Crippen LogP contribution >= 0.6 is 0 Å². The molecule has 0 amide bonds. The average Bonchev–Trinajstić information content (AvgIpc) is 2.42. The topological polar surface area (TPSA) is 110 Å². The van der Waals surface area contributed by atoms with E-state index in [1.807, 2.05) is 0 Å². The van der Waals surface area contributed by atoms with Gasteiger partial charge in [0.2, 0.25) is 0 Å². The Morgan fingerprint density at radius 3 is 2.45 bits per heavy atom. The summed E-state index contributed by atoms with van der Waals surface area (Å²) in [7, 11) is -4.40. The molecule has 7 nitrogen and oxygen atoms in total. The van der Waals surface area contributed by atoms with Crippen LogP contribution in [0.4, 0.5) is 20.2 Å². The van der Waals surface area contributed by atoms with E-state index in [4.69, 9.17) is 0 Å². The molecule has 2 N–H and O–H groups in total. The molecule has 0 atom stereocenters. The summed E-state index contributed by atoms with van der Waals surface area (Å²) < 4.78 is 52.3. The lowest BCUT2D eigenvalue weighted by atomic mass is 10.3. The van der Waals surface area contributed by atoms with Gasteiger partial charge in [0.15, 0.2) is 5.75 Å². The van der Waals surface area contributed by atoms with Crippen LogP contribution in [-0.4, -0.2) is 18.4 Å². The predicted octanol–water partition coefficient (Wildman–Crippen LogP) is 2.38. The highest BCUT2D eigenvalue weighted by Gasteiger charge is 2.22. The van der Waals surface area contributed by atoms with Crippen LogP contribution in [0.3, 0.4) is 0 Å². The Kier molecular flexibility index (Phi) is 3.95. The molecule has 0 aliphatic rings. The molecule has 0 bridgehead atoms. The molecule has 0 heterocycles. The highest BCUT2D eigenvalue weighted by molar-refractivity contribution is 7.92. The van der Waals surface area contributed by atoms with Crippen LogP contribution in [0.15, 0.2) is 41.3 Å². The van der Waals surface area contributed by atoms with Gasteiger partial charge >= 0.3 is 5.69 Å². The van der Waals surface area contributed by atoms with E-state index in [1.165, 1.54) is 0 Å². The monoisotopic (exact) mass is 330 g/mol. The Labute approximate surface area is 123 Å². The first-order valence-corrected chi connectivity index (χ1v) is 7.14. The minimum Gasteiger partial charge on any atom is -0.502 e. The fraction of sp³-hybridized carbons (Fsp3) is 0. The number of rotatable bonds is 4. The summed E-state index contributed by atoms with van der Waals surface area (Å²) >= 11 is 0. The van der Waals surface area contributed by atoms with Crippen LogP contribution in [0, 0.1) is 21.7 Å². The van der Waals surface area contributed by atoms with Crippen molar-refractivity contribution in [1.82, 2.24) is 0 Å². The zero-order valence-corrected chi connectivity index (χ0v) is 11.5. The van der Waals surface area contributed by atoms with Gasteiger partial charge in [-0.15, -0.1) is 0 Å². The van der Waals surface area contributed by atoms with E-state index in [1.54, 1.807) is 4.72 Å². The summed E-state index contributed by atoms with van der Waals surface area (Å²) in [6.07, 6.45) is 0. The highest BCUT2D eigenvalue weighted by atomic mass is 32.2. The highest BCUT2D eigenvalue weighted by Crippen LogP contribution is 2.29. The van der Waals surface area contributed by atoms with Gasteiger partial charge < -0.3 is 5.11 Å². The van der Waals surface area contributed by atoms with Crippen molar-refractivity contribution in [2.24, 2.45) is 0 Å². The van der Waals surface area contributed by atoms with Crippen molar-refractivity contribution in [3.63, 3.8) is 0 Å². The molecule has 0 fully saturated rings. The Morgan fingerprint density at radius 2 is 1.82 bits per heavy atom. The van der Waals surface area contributed by atoms with Gasteiger partial charge in [-0.25, -0.2) is 17.2 Å². The number of sulfonamides is 1. The van der Waals surface area contributed by atoms with Crippen molar-refractivity contribution < 1.29 is 27.2 Å². The molecule has 2 aromatic rings. The van der Waals surface area contributed by atoms with Crippen LogP contribution < -0.4 is 4.72 Å². The lowest BCUT2D eigenvalue weighted by molar-refractivity contribution is -0.386. The zero-order chi connectivity index (χ0) is 16.5. The van der Waals surface area contributed by atoms with Crippen molar-refractivity contribution in [3.8, 4) is 5.75 Å². The number of anilines is 1. The molecule has 0 unspecified atom stereocenters. The first-order valence-electron chi connectivity index (χ1n) is 5.66. The Hall–Kier alpha value is -2.75. The van der Waals surface area contributed by atoms with E-state index in [-0.39, 0.29) is 0 Å². The minimum absolute atomic E-state index is 0.583. The molecule has 0 aliphatic heterocycles. The number of nitro groups is 1. The van der Waals surface area contributed by atoms with E-state index in [2.05, 4.69) is 0 Å². The van der Waals surface area contributed by atoms with Crippen molar-refractivity contribution in [2.75, 3.05) is 4.72 Å². The molecule has 0 aliphatic carbocycles. The molecule has 2 aromatic carbocycles. The van der Waals surface area contributed by atoms with Crippen LogP contribution in [0.2, 0.25) is 0 Å². The van der Waals surface area contributed by atoms with E-state index in [0.717, 1.165) is 24.3 Å². The summed E-state index contributed by atoms with van der Waals surface area (Å²) in [5.74, 6) is -2.60. The molecule has 0 spiro atoms. The number of hydrogen-bond acceptors (Lipinski definition) is 5. The summed E-state index contributed by atoms with van der Waals surface area (Å²) in [5, 5.41) is 20.0. The Bertz CT molecular complexity index is 855. The van der Waals surface area contributed by atoms with Crippen LogP contribution in [-0.2, 0) is 10.0 Å². The Balaban J connectivity index is 2.45. The van der Waals surface area contributed by atoms with E-state index in [0.29, 0.717) is 12.1 Å². The maximum absolute atomic E-state index is 13.4. The number of nitro benzene ring substituents is 1. The maximum Gasteiger partial charge on any atom is 0.312 e. The fourth-order valence-corrected chi connectivity index (χ4v) is 2.67. The van der Waals surface area contributed by atoms with Crippen LogP contribution in [0.1, 0.15) is 0 Å². The summed E-state index contributed by atoms with van der Waals surface area (Å²) in [6, 6.07) is 4.47. The molecular formula is C12H8F2N2O5S. The molecule has 116 valence electrons. The second-order valence-corrected chi connectivity index (χ2v) is 5.82. The zero-order valence-electron chi connectivity index (χ0n) is 10.7. The molecule has 0 saturated carbocycles. The third kappa shape index (κ3) is 3.11. The number of nitrogens with one attached hydrogen (secondary N) is 1. The summed E-state index contributed by atoms with van der Waals surface area (Å²) in [6.45, 7) is 0. The summed E-state index contributed by atoms with van der Waals surface area (Å²) in [5.41, 5.74) is -1.47. The van der Waals surface area contributed by atoms with Crippen molar-refractivity contribution >= 4 is 21.4 Å². The minimum atomic E-state index is -4.40. The van der Waals surface area contributed by atoms with Gasteiger partial charge in [-0.2, -0.15) is 0 Å². The predicted molar refractivity (Wildman–Crippen MR) is 71.9 cm³/mol. The Morgan fingerprint density at radius 1 is 1.14 bits per heavy atom. The SMILES string of the molecule is O=[N+]([O-])c1cc(S(=O)(=O)Nc2cc(F)ccc2F)ccc1O. The van der Waals surface area contributed by atoms with E-state index in [9.17, 15) is 32.4 Å². The molecule has 0 saturated heterocycles. The standard InChI is InChI=1S/C12H8F2N2O5S/c13-7-1-3-9(14)10(5-7)15-22(20,21)8-2-4-12(17)11(6-8)16(18)19/h1-6,15,17H. The third-order valence-electron chi connectivity index (χ3n) is 2.63. The van der Waals surface area contributed by atoms with Crippen LogP contribution in [0.25, 0.3) is 0 Å². The summed E-state index contributed by atoms with van der Waals surface area (Å²) in [4.78, 5) is 9.12. The number of phenols is 1. The number of nitrogens with zero attached hydrogens (tertiary/aromatic N) is 1. The van der Waals surface area contributed by atoms with Crippen LogP contribution in [0.5, 0.6) is 5.75 Å². The van der Waals surface area contributed by atoms with Gasteiger partial charge in [0, 0.05) is 12.1 Å². The van der Waals surface area contributed by atoms with Crippen molar-refractivity contribution in [3.05, 3.63) is 58.1 Å². The average molecular weight is 330 g/mol. The molecular weight excluding hydrogens is 322 g/mol. The number of hydrogen-bond donors (Lipinski definition) is 2. The largest absolute Gasteiger partial charge is 0.502 e. The molecule has 2 rings (SSSR count). The number of benzene rings is 2. The first kappa shape index (κ1) is 15.6. The number of phenolic OH excluding ortho intramolecular Hbond substituents is 1. The van der Waals surface area contributed by atoms with Crippen molar-refractivity contribution in [2.45, 2.75) is 4.90 Å². The molecule has 10 heteroatoms. The molecule has 0 aromatic heterocycles. The lowest BCUT2D eigenvalue weighted by Gasteiger charge is -2.09. The van der Waals surface area contributed by atoms with Gasteiger partial charge in [-0.3, -0.25) is 14.8 Å². The number of aromatic hydroxyl groups is 1. The first-order chi connectivity index (χ1) is 10.2. The van der Waals surface area contributed by atoms with Gasteiger partial charge in [0.25, 0.3) is 10.0 Å². The molecule has 22 heavy (non-hydrogen) atoms.